The van der Waals surface area contributed by atoms with Gasteiger partial charge in [-0.1, -0.05) is 91.0 Å². The lowest BCUT2D eigenvalue weighted by Crippen LogP contribution is -2.29. The van der Waals surface area contributed by atoms with Gasteiger partial charge in [-0.25, -0.2) is 0 Å². The number of nitrogens with zero attached hydrogens (tertiary/aromatic N) is 5. The van der Waals surface area contributed by atoms with E-state index in [0.717, 1.165) is 73.5 Å². The van der Waals surface area contributed by atoms with Crippen molar-refractivity contribution in [1.29, 1.82) is 15.8 Å². The standard InChI is InChI=1S/C45H29N5/c46-26-29-18-20-43-39(22-29)37-13-1-3-16-41(37)49(43)35-12-6-9-32(25-35)31-8-5-10-33(24-31)36-15-7-11-34(28-48)45(36)50-42-17-4-2-14-38(42)40-23-30(27-47)19-21-44(40)50/h1-18,20,22-25,39,43H,19,21H2. The molecule has 0 saturated heterocycles. The summed E-state index contributed by atoms with van der Waals surface area (Å²) in [6.07, 6.45) is 9.59. The molecule has 2 aliphatic carbocycles. The smallest absolute Gasteiger partial charge is 0.101 e. The quantitative estimate of drug-likeness (QED) is 0.192. The Morgan fingerprint density at radius 1 is 0.680 bits per heavy atom. The molecule has 0 bridgehead atoms. The second-order valence-corrected chi connectivity index (χ2v) is 13.0. The van der Waals surface area contributed by atoms with Crippen molar-refractivity contribution in [2.45, 2.75) is 24.8 Å². The van der Waals surface area contributed by atoms with Crippen molar-refractivity contribution in [3.05, 3.63) is 167 Å². The first-order chi connectivity index (χ1) is 24.7. The third-order valence-corrected chi connectivity index (χ3v) is 10.3. The van der Waals surface area contributed by atoms with Gasteiger partial charge in [0.15, 0.2) is 0 Å². The van der Waals surface area contributed by atoms with Crippen molar-refractivity contribution in [3.63, 3.8) is 0 Å². The molecular formula is C45H29N5. The van der Waals surface area contributed by atoms with Gasteiger partial charge < -0.3 is 9.47 Å². The summed E-state index contributed by atoms with van der Waals surface area (Å²) in [7, 11) is 0. The highest BCUT2D eigenvalue weighted by molar-refractivity contribution is 5.96. The largest absolute Gasteiger partial charge is 0.333 e. The average Bonchev–Trinajstić information content (AvgIpc) is 3.69. The second kappa shape index (κ2) is 11.7. The Morgan fingerprint density at radius 2 is 1.46 bits per heavy atom. The molecule has 50 heavy (non-hydrogen) atoms. The van der Waals surface area contributed by atoms with Crippen LogP contribution in [0, 0.1) is 34.0 Å². The summed E-state index contributed by atoms with van der Waals surface area (Å²) in [6, 6.07) is 47.2. The van der Waals surface area contributed by atoms with E-state index in [1.165, 1.54) is 5.56 Å². The first-order valence-corrected chi connectivity index (χ1v) is 16.8. The molecule has 2 atom stereocenters. The number of rotatable bonds is 4. The van der Waals surface area contributed by atoms with Crippen molar-refractivity contribution < 1.29 is 0 Å². The van der Waals surface area contributed by atoms with E-state index in [-0.39, 0.29) is 12.0 Å². The van der Waals surface area contributed by atoms with Crippen molar-refractivity contribution in [2.24, 2.45) is 0 Å². The minimum absolute atomic E-state index is 0.0868. The number of fused-ring (bicyclic) bond motifs is 6. The Kier molecular flexibility index (Phi) is 6.84. The highest BCUT2D eigenvalue weighted by Crippen LogP contribution is 2.49. The fourth-order valence-electron chi connectivity index (χ4n) is 8.10. The van der Waals surface area contributed by atoms with E-state index in [1.54, 1.807) is 0 Å². The predicted molar refractivity (Wildman–Crippen MR) is 199 cm³/mol. The van der Waals surface area contributed by atoms with Crippen molar-refractivity contribution >= 4 is 28.4 Å². The van der Waals surface area contributed by atoms with E-state index < -0.39 is 0 Å². The maximum absolute atomic E-state index is 10.4. The Hall–Kier alpha value is -6.87. The molecular weight excluding hydrogens is 611 g/mol. The molecule has 1 aromatic heterocycles. The fraction of sp³-hybridized carbons (Fsp3) is 0.0889. The predicted octanol–water partition coefficient (Wildman–Crippen LogP) is 10.3. The number of hydrogen-bond donors (Lipinski definition) is 0. The minimum Gasteiger partial charge on any atom is -0.333 e. The Morgan fingerprint density at radius 3 is 2.32 bits per heavy atom. The van der Waals surface area contributed by atoms with E-state index in [2.05, 4.69) is 131 Å². The molecule has 0 N–H and O–H groups in total. The van der Waals surface area contributed by atoms with Gasteiger partial charge in [-0.05, 0) is 83.6 Å². The van der Waals surface area contributed by atoms with Gasteiger partial charge in [-0.15, -0.1) is 0 Å². The van der Waals surface area contributed by atoms with Crippen LogP contribution >= 0.6 is 0 Å². The van der Waals surface area contributed by atoms with Gasteiger partial charge in [-0.2, -0.15) is 15.8 Å². The van der Waals surface area contributed by atoms with Crippen molar-refractivity contribution in [2.75, 3.05) is 4.90 Å². The van der Waals surface area contributed by atoms with Crippen molar-refractivity contribution in [3.8, 4) is 46.1 Å². The lowest BCUT2D eigenvalue weighted by atomic mass is 9.89. The SMILES string of the molecule is N#CC1=CC2c3ccccc3N(c3cccc(-c4cccc(-c5cccc(C#N)c5-n5c6c(c7ccccc75)C=C(C#N)CC6)c4)c3)C2C=C1. The van der Waals surface area contributed by atoms with Crippen molar-refractivity contribution in [1.82, 2.24) is 4.57 Å². The first-order valence-electron chi connectivity index (χ1n) is 16.8. The maximum atomic E-state index is 10.4. The van der Waals surface area contributed by atoms with Gasteiger partial charge in [0.05, 0.1) is 34.9 Å². The Balaban J connectivity index is 1.17. The third kappa shape index (κ3) is 4.51. The molecule has 2 unspecified atom stereocenters. The monoisotopic (exact) mass is 639 g/mol. The lowest BCUT2D eigenvalue weighted by molar-refractivity contribution is 0.741. The number of allylic oxidation sites excluding steroid dienone is 3. The van der Waals surface area contributed by atoms with Crippen LogP contribution in [0.15, 0.2) is 145 Å². The number of benzene rings is 5. The van der Waals surface area contributed by atoms with Crippen LogP contribution in [0.25, 0.3) is 44.9 Å². The summed E-state index contributed by atoms with van der Waals surface area (Å²) in [6.45, 7) is 0. The molecule has 0 saturated carbocycles. The lowest BCUT2D eigenvalue weighted by Gasteiger charge is -2.29. The van der Waals surface area contributed by atoms with E-state index >= 15 is 0 Å². The number of aromatic nitrogens is 1. The average molecular weight is 640 g/mol. The van der Waals surface area contributed by atoms with Crippen LogP contribution in [-0.4, -0.2) is 10.6 Å². The normalized spacial score (nSPS) is 17.1. The number of para-hydroxylation sites is 3. The molecule has 5 aromatic carbocycles. The molecule has 2 heterocycles. The van der Waals surface area contributed by atoms with Crippen LogP contribution in [0.1, 0.15) is 34.7 Å². The van der Waals surface area contributed by atoms with Gasteiger partial charge in [0.1, 0.15) is 6.07 Å². The van der Waals surface area contributed by atoms with Crippen LogP contribution in [0.4, 0.5) is 11.4 Å². The zero-order valence-electron chi connectivity index (χ0n) is 27.1. The third-order valence-electron chi connectivity index (χ3n) is 10.3. The van der Waals surface area contributed by atoms with Crippen LogP contribution in [0.2, 0.25) is 0 Å². The van der Waals surface area contributed by atoms with Gasteiger partial charge in [0.2, 0.25) is 0 Å². The maximum Gasteiger partial charge on any atom is 0.101 e. The molecule has 0 fully saturated rings. The molecule has 234 valence electrons. The van der Waals surface area contributed by atoms with Crippen LogP contribution in [0.5, 0.6) is 0 Å². The molecule has 9 rings (SSSR count). The minimum atomic E-state index is 0.0868. The van der Waals surface area contributed by atoms with Gasteiger partial charge >= 0.3 is 0 Å². The van der Waals surface area contributed by atoms with Crippen LogP contribution in [-0.2, 0) is 6.42 Å². The Labute approximate surface area is 290 Å². The first kappa shape index (κ1) is 29.3. The summed E-state index contributed by atoms with van der Waals surface area (Å²) in [5, 5.41) is 30.9. The zero-order valence-corrected chi connectivity index (χ0v) is 27.1. The fourth-order valence-corrected chi connectivity index (χ4v) is 8.10. The Bertz CT molecular complexity index is 2610. The van der Waals surface area contributed by atoms with Crippen LogP contribution in [0.3, 0.4) is 0 Å². The van der Waals surface area contributed by atoms with E-state index in [0.29, 0.717) is 17.6 Å². The molecule has 5 heteroatoms. The number of hydrogen-bond acceptors (Lipinski definition) is 4. The van der Waals surface area contributed by atoms with Gasteiger partial charge in [0.25, 0.3) is 0 Å². The summed E-state index contributed by atoms with van der Waals surface area (Å²) in [5.74, 6) is 0.112. The highest BCUT2D eigenvalue weighted by atomic mass is 15.2. The van der Waals surface area contributed by atoms with E-state index in [1.807, 2.05) is 36.4 Å². The molecule has 0 radical (unpaired) electrons. The summed E-state index contributed by atoms with van der Waals surface area (Å²) in [5.41, 5.74) is 13.8. The molecule has 5 nitrogen and oxygen atoms in total. The summed E-state index contributed by atoms with van der Waals surface area (Å²) >= 11 is 0. The molecule has 0 amide bonds. The van der Waals surface area contributed by atoms with E-state index in [9.17, 15) is 15.8 Å². The molecule has 1 aliphatic heterocycles. The second-order valence-electron chi connectivity index (χ2n) is 13.0. The van der Waals surface area contributed by atoms with Gasteiger partial charge in [-0.3, -0.25) is 0 Å². The number of nitriles is 3. The summed E-state index contributed by atoms with van der Waals surface area (Å²) < 4.78 is 2.25. The zero-order chi connectivity index (χ0) is 33.8. The van der Waals surface area contributed by atoms with E-state index in [4.69, 9.17) is 0 Å². The summed E-state index contributed by atoms with van der Waals surface area (Å²) in [4.78, 5) is 2.38. The van der Waals surface area contributed by atoms with Crippen LogP contribution < -0.4 is 4.90 Å². The topological polar surface area (TPSA) is 79.5 Å². The number of anilines is 2. The van der Waals surface area contributed by atoms with Gasteiger partial charge in [0, 0.05) is 50.6 Å². The molecule has 0 spiro atoms. The molecule has 6 aromatic rings. The highest BCUT2D eigenvalue weighted by Gasteiger charge is 2.38. The molecule has 3 aliphatic rings.